The maximum absolute atomic E-state index is 8.15. The van der Waals surface area contributed by atoms with Crippen molar-refractivity contribution in [1.29, 1.82) is 0 Å². The fourth-order valence-corrected chi connectivity index (χ4v) is 8.02. The maximum Gasteiger partial charge on any atom is 0.198 e. The van der Waals surface area contributed by atoms with E-state index in [1.165, 1.54) is 16.2 Å². The van der Waals surface area contributed by atoms with Crippen LogP contribution in [0.3, 0.4) is 0 Å². The summed E-state index contributed by atoms with van der Waals surface area (Å²) in [5.74, 6) is 0.444. The number of hydrogen-bond donors (Lipinski definition) is 0. The average Bonchev–Trinajstić information content (AvgIpc) is 3.25. The molecule has 10 rings (SSSR count). The van der Waals surface area contributed by atoms with E-state index in [1.54, 1.807) is 6.07 Å². The first kappa shape index (κ1) is 31.1. The first-order valence-electron chi connectivity index (χ1n) is 17.8. The van der Waals surface area contributed by atoms with E-state index in [9.17, 15) is 0 Å². The number of para-hydroxylation sites is 2. The monoisotopic (exact) mass is 684 g/mol. The van der Waals surface area contributed by atoms with Gasteiger partial charge in [-0.25, -0.2) is 19.7 Å². The summed E-state index contributed by atoms with van der Waals surface area (Å²) in [4.78, 5) is 18.4. The standard InChI is InChI=1S/C50H28N4/c1-51-46-25-13-11-23-40(46)48-45-30-33(42-27-31-15-3-5-17-34(31)36-19-7-9-21-38(36)42)29-44(49(45)54-50(53-48)41-24-12-14-26-47(41)52-2)43-28-32-16-4-6-18-35(32)37-20-8-10-22-39(37)43/h3-30H. The molecule has 0 aliphatic rings. The molecule has 4 nitrogen and oxygen atoms in total. The van der Waals surface area contributed by atoms with Gasteiger partial charge in [0.15, 0.2) is 11.4 Å². The highest BCUT2D eigenvalue weighted by Gasteiger charge is 2.22. The molecule has 248 valence electrons. The van der Waals surface area contributed by atoms with Crippen molar-refractivity contribution in [3.8, 4) is 44.9 Å². The SMILES string of the molecule is [C-]#[N+]c1ccccc1-c1nc(-c2ccccc2[N+]#[C-])c2cc(-c3cc4ccccc4c4ccccc34)cc(-c3cc4ccccc4c4ccccc34)c2n1. The van der Waals surface area contributed by atoms with Gasteiger partial charge < -0.3 is 0 Å². The fraction of sp³-hybridized carbons (Fsp3) is 0. The van der Waals surface area contributed by atoms with Crippen LogP contribution in [-0.2, 0) is 0 Å². The van der Waals surface area contributed by atoms with Crippen LogP contribution in [0.25, 0.3) is 109 Å². The molecule has 0 fully saturated rings. The Morgan fingerprint density at radius 1 is 0.352 bits per heavy atom. The molecule has 1 heterocycles. The van der Waals surface area contributed by atoms with E-state index >= 15 is 0 Å². The summed E-state index contributed by atoms with van der Waals surface area (Å²) in [5, 5.41) is 10.1. The minimum absolute atomic E-state index is 0.444. The van der Waals surface area contributed by atoms with Gasteiger partial charge in [-0.3, -0.25) is 0 Å². The molecule has 1 aromatic heterocycles. The lowest BCUT2D eigenvalue weighted by Crippen LogP contribution is -1.99. The smallest absolute Gasteiger partial charge is 0.198 e. The molecule has 0 bridgehead atoms. The third kappa shape index (κ3) is 4.90. The van der Waals surface area contributed by atoms with Crippen molar-refractivity contribution < 1.29 is 0 Å². The molecular formula is C50H28N4. The van der Waals surface area contributed by atoms with Crippen molar-refractivity contribution in [2.24, 2.45) is 0 Å². The van der Waals surface area contributed by atoms with Gasteiger partial charge in [-0.2, -0.15) is 0 Å². The lowest BCUT2D eigenvalue weighted by Gasteiger charge is -2.19. The van der Waals surface area contributed by atoms with Gasteiger partial charge in [0.2, 0.25) is 0 Å². The van der Waals surface area contributed by atoms with E-state index in [0.717, 1.165) is 65.7 Å². The van der Waals surface area contributed by atoms with Crippen molar-refractivity contribution in [2.75, 3.05) is 0 Å². The van der Waals surface area contributed by atoms with E-state index in [-0.39, 0.29) is 0 Å². The van der Waals surface area contributed by atoms with Crippen molar-refractivity contribution in [3.63, 3.8) is 0 Å². The molecule has 0 saturated heterocycles. The Labute approximate surface area is 311 Å². The molecule has 54 heavy (non-hydrogen) atoms. The van der Waals surface area contributed by atoms with Gasteiger partial charge >= 0.3 is 0 Å². The van der Waals surface area contributed by atoms with Crippen molar-refractivity contribution >= 4 is 65.4 Å². The number of hydrogen-bond acceptors (Lipinski definition) is 2. The molecule has 0 amide bonds. The zero-order valence-corrected chi connectivity index (χ0v) is 29.0. The number of rotatable bonds is 4. The fourth-order valence-electron chi connectivity index (χ4n) is 8.02. The molecule has 10 aromatic rings. The molecule has 4 heteroatoms. The highest BCUT2D eigenvalue weighted by atomic mass is 14.9. The topological polar surface area (TPSA) is 34.5 Å². The average molecular weight is 685 g/mol. The Hall–Kier alpha value is -7.66. The molecular weight excluding hydrogens is 657 g/mol. The molecule has 0 atom stereocenters. The molecule has 0 saturated carbocycles. The molecule has 0 aliphatic heterocycles. The second-order valence-electron chi connectivity index (χ2n) is 13.5. The van der Waals surface area contributed by atoms with Crippen LogP contribution in [0.5, 0.6) is 0 Å². The van der Waals surface area contributed by atoms with Crippen LogP contribution in [-0.4, -0.2) is 9.97 Å². The second kappa shape index (κ2) is 12.5. The first-order valence-corrected chi connectivity index (χ1v) is 17.8. The van der Waals surface area contributed by atoms with Crippen LogP contribution in [0.1, 0.15) is 0 Å². The molecule has 0 radical (unpaired) electrons. The van der Waals surface area contributed by atoms with Crippen LogP contribution >= 0.6 is 0 Å². The molecule has 0 N–H and O–H groups in total. The largest absolute Gasteiger partial charge is 0.237 e. The lowest BCUT2D eigenvalue weighted by atomic mass is 9.87. The number of benzene rings is 9. The normalized spacial score (nSPS) is 11.3. The molecule has 9 aromatic carbocycles. The van der Waals surface area contributed by atoms with Gasteiger partial charge in [-0.1, -0.05) is 146 Å². The molecule has 0 aliphatic carbocycles. The predicted octanol–water partition coefficient (Wildman–Crippen LogP) is 14.0. The van der Waals surface area contributed by atoms with Gasteiger partial charge in [0.25, 0.3) is 0 Å². The minimum atomic E-state index is 0.444. The third-order valence-corrected chi connectivity index (χ3v) is 10.5. The van der Waals surface area contributed by atoms with Crippen molar-refractivity contribution in [3.05, 3.63) is 193 Å². The summed E-state index contributed by atoms with van der Waals surface area (Å²) in [6.45, 7) is 16.2. The van der Waals surface area contributed by atoms with E-state index < -0.39 is 0 Å². The Balaban J connectivity index is 1.42. The Kier molecular flexibility index (Phi) is 7.22. The maximum atomic E-state index is 8.15. The van der Waals surface area contributed by atoms with E-state index in [4.69, 9.17) is 23.1 Å². The van der Waals surface area contributed by atoms with Crippen molar-refractivity contribution in [2.45, 2.75) is 0 Å². The molecule has 0 unspecified atom stereocenters. The highest BCUT2D eigenvalue weighted by molar-refractivity contribution is 6.19. The number of aromatic nitrogens is 2. The van der Waals surface area contributed by atoms with Crippen LogP contribution in [0.2, 0.25) is 0 Å². The van der Waals surface area contributed by atoms with Gasteiger partial charge in [0.05, 0.1) is 24.4 Å². The third-order valence-electron chi connectivity index (χ3n) is 10.5. The van der Waals surface area contributed by atoms with Gasteiger partial charge in [0, 0.05) is 22.1 Å². The second-order valence-corrected chi connectivity index (χ2v) is 13.5. The highest BCUT2D eigenvalue weighted by Crippen LogP contribution is 2.45. The summed E-state index contributed by atoms with van der Waals surface area (Å²) in [7, 11) is 0. The van der Waals surface area contributed by atoms with Crippen LogP contribution < -0.4 is 0 Å². The lowest BCUT2D eigenvalue weighted by molar-refractivity contribution is 1.23. The first-order chi connectivity index (χ1) is 26.7. The molecule has 0 spiro atoms. The zero-order valence-electron chi connectivity index (χ0n) is 29.0. The minimum Gasteiger partial charge on any atom is -0.237 e. The van der Waals surface area contributed by atoms with Gasteiger partial charge in [-0.15, -0.1) is 0 Å². The predicted molar refractivity (Wildman–Crippen MR) is 224 cm³/mol. The number of nitrogens with zero attached hydrogens (tertiary/aromatic N) is 4. The Bertz CT molecular complexity index is 3260. The Morgan fingerprint density at radius 3 is 1.46 bits per heavy atom. The van der Waals surface area contributed by atoms with Gasteiger partial charge in [-0.05, 0) is 84.0 Å². The van der Waals surface area contributed by atoms with Crippen LogP contribution in [0.4, 0.5) is 11.4 Å². The van der Waals surface area contributed by atoms with E-state index in [1.807, 2.05) is 42.5 Å². The summed E-state index contributed by atoms with van der Waals surface area (Å²) in [6.07, 6.45) is 0. The Morgan fingerprint density at radius 2 is 0.833 bits per heavy atom. The van der Waals surface area contributed by atoms with Crippen LogP contribution in [0.15, 0.2) is 170 Å². The van der Waals surface area contributed by atoms with Crippen LogP contribution in [0, 0.1) is 13.1 Å². The summed E-state index contributed by atoms with van der Waals surface area (Å²) in [5.41, 5.74) is 7.87. The number of fused-ring (bicyclic) bond motifs is 7. The van der Waals surface area contributed by atoms with E-state index in [0.29, 0.717) is 28.5 Å². The summed E-state index contributed by atoms with van der Waals surface area (Å²) in [6, 6.07) is 58.3. The summed E-state index contributed by atoms with van der Waals surface area (Å²) >= 11 is 0. The summed E-state index contributed by atoms with van der Waals surface area (Å²) < 4.78 is 0. The van der Waals surface area contributed by atoms with Crippen molar-refractivity contribution in [1.82, 2.24) is 9.97 Å². The van der Waals surface area contributed by atoms with Gasteiger partial charge in [0.1, 0.15) is 5.82 Å². The zero-order chi connectivity index (χ0) is 36.2. The quantitative estimate of drug-likeness (QED) is 0.137. The van der Waals surface area contributed by atoms with E-state index in [2.05, 4.69) is 131 Å².